The largest absolute Gasteiger partial charge is 0.481 e. The first-order chi connectivity index (χ1) is 6.93. The van der Waals surface area contributed by atoms with Gasteiger partial charge < -0.3 is 10.8 Å². The molecular weight excluding hydrogens is 192 g/mol. The van der Waals surface area contributed by atoms with Crippen molar-refractivity contribution in [3.05, 3.63) is 30.1 Å². The summed E-state index contributed by atoms with van der Waals surface area (Å²) in [5, 5.41) is 8.96. The van der Waals surface area contributed by atoms with Gasteiger partial charge in [-0.25, -0.2) is 0 Å². The minimum absolute atomic E-state index is 0.336. The van der Waals surface area contributed by atoms with E-state index in [0.29, 0.717) is 6.42 Å². The average Bonchev–Trinajstić information content (AvgIpc) is 2.18. The molecule has 82 valence electrons. The Morgan fingerprint density at radius 1 is 1.60 bits per heavy atom. The van der Waals surface area contributed by atoms with Gasteiger partial charge in [0.25, 0.3) is 0 Å². The lowest BCUT2D eigenvalue weighted by Crippen LogP contribution is -2.29. The molecule has 0 spiro atoms. The molecule has 15 heavy (non-hydrogen) atoms. The number of aromatic nitrogens is 1. The van der Waals surface area contributed by atoms with Crippen LogP contribution in [-0.2, 0) is 4.79 Å². The SMILES string of the molecule is CC(C)(CC(N)c1ccccn1)C(=O)O. The van der Waals surface area contributed by atoms with Gasteiger partial charge in [0.05, 0.1) is 11.1 Å². The number of hydrogen-bond donors (Lipinski definition) is 2. The molecule has 1 aromatic heterocycles. The molecule has 0 saturated carbocycles. The average molecular weight is 208 g/mol. The van der Waals surface area contributed by atoms with Crippen LogP contribution in [0.4, 0.5) is 0 Å². The Morgan fingerprint density at radius 3 is 2.73 bits per heavy atom. The second-order valence-electron chi connectivity index (χ2n) is 4.25. The molecule has 4 heteroatoms. The fraction of sp³-hybridized carbons (Fsp3) is 0.455. The van der Waals surface area contributed by atoms with E-state index in [9.17, 15) is 4.79 Å². The Labute approximate surface area is 89.1 Å². The fourth-order valence-corrected chi connectivity index (χ4v) is 1.34. The standard InChI is InChI=1S/C11H16N2O2/c1-11(2,10(14)15)7-8(12)9-5-3-4-6-13-9/h3-6,8H,7,12H2,1-2H3,(H,14,15). The zero-order chi connectivity index (χ0) is 11.5. The highest BCUT2D eigenvalue weighted by atomic mass is 16.4. The van der Waals surface area contributed by atoms with Crippen LogP contribution in [0.15, 0.2) is 24.4 Å². The van der Waals surface area contributed by atoms with Crippen LogP contribution < -0.4 is 5.73 Å². The topological polar surface area (TPSA) is 76.2 Å². The highest BCUT2D eigenvalue weighted by Crippen LogP contribution is 2.27. The lowest BCUT2D eigenvalue weighted by atomic mass is 9.85. The van der Waals surface area contributed by atoms with Gasteiger partial charge in [0.2, 0.25) is 0 Å². The van der Waals surface area contributed by atoms with Gasteiger partial charge in [-0.1, -0.05) is 6.07 Å². The molecule has 0 bridgehead atoms. The molecular formula is C11H16N2O2. The van der Waals surface area contributed by atoms with Crippen molar-refractivity contribution >= 4 is 5.97 Å². The molecule has 4 nitrogen and oxygen atoms in total. The predicted molar refractivity (Wildman–Crippen MR) is 57.2 cm³/mol. The van der Waals surface area contributed by atoms with Gasteiger partial charge in [-0.05, 0) is 32.4 Å². The minimum Gasteiger partial charge on any atom is -0.481 e. The summed E-state index contributed by atoms with van der Waals surface area (Å²) in [7, 11) is 0. The zero-order valence-corrected chi connectivity index (χ0v) is 8.97. The van der Waals surface area contributed by atoms with Crippen molar-refractivity contribution in [2.75, 3.05) is 0 Å². The molecule has 0 aromatic carbocycles. The summed E-state index contributed by atoms with van der Waals surface area (Å²) in [6, 6.07) is 5.12. The first kappa shape index (κ1) is 11.7. The van der Waals surface area contributed by atoms with Gasteiger partial charge >= 0.3 is 5.97 Å². The Bertz CT molecular complexity index is 336. The van der Waals surface area contributed by atoms with Gasteiger partial charge in [-0.15, -0.1) is 0 Å². The predicted octanol–water partition coefficient (Wildman–Crippen LogP) is 1.58. The number of nitrogens with zero attached hydrogens (tertiary/aromatic N) is 1. The molecule has 0 aliphatic carbocycles. The number of pyridine rings is 1. The van der Waals surface area contributed by atoms with E-state index in [-0.39, 0.29) is 6.04 Å². The third kappa shape index (κ3) is 3.02. The van der Waals surface area contributed by atoms with Gasteiger partial charge in [0.1, 0.15) is 0 Å². The van der Waals surface area contributed by atoms with E-state index >= 15 is 0 Å². The second kappa shape index (κ2) is 4.40. The first-order valence-corrected chi connectivity index (χ1v) is 4.83. The van der Waals surface area contributed by atoms with Crippen molar-refractivity contribution in [2.45, 2.75) is 26.3 Å². The number of hydrogen-bond acceptors (Lipinski definition) is 3. The second-order valence-corrected chi connectivity index (χ2v) is 4.25. The molecule has 0 saturated heterocycles. The molecule has 1 rings (SSSR count). The monoisotopic (exact) mass is 208 g/mol. The lowest BCUT2D eigenvalue weighted by molar-refractivity contribution is -0.147. The molecule has 1 unspecified atom stereocenters. The zero-order valence-electron chi connectivity index (χ0n) is 8.97. The smallest absolute Gasteiger partial charge is 0.309 e. The maximum absolute atomic E-state index is 10.9. The van der Waals surface area contributed by atoms with E-state index < -0.39 is 11.4 Å². The van der Waals surface area contributed by atoms with Crippen molar-refractivity contribution in [1.29, 1.82) is 0 Å². The number of rotatable bonds is 4. The fourth-order valence-electron chi connectivity index (χ4n) is 1.34. The van der Waals surface area contributed by atoms with Gasteiger partial charge in [-0.3, -0.25) is 9.78 Å². The van der Waals surface area contributed by atoms with Crippen molar-refractivity contribution < 1.29 is 9.90 Å². The van der Waals surface area contributed by atoms with E-state index in [1.807, 2.05) is 12.1 Å². The van der Waals surface area contributed by atoms with E-state index in [0.717, 1.165) is 5.69 Å². The number of nitrogens with two attached hydrogens (primary N) is 1. The first-order valence-electron chi connectivity index (χ1n) is 4.83. The number of aliphatic carboxylic acids is 1. The number of carboxylic acid groups (broad SMARTS) is 1. The van der Waals surface area contributed by atoms with Crippen molar-refractivity contribution in [2.24, 2.45) is 11.1 Å². The molecule has 1 atom stereocenters. The maximum atomic E-state index is 10.9. The van der Waals surface area contributed by atoms with Gasteiger partial charge in [0, 0.05) is 12.2 Å². The van der Waals surface area contributed by atoms with E-state index in [1.54, 1.807) is 26.1 Å². The molecule has 0 aliphatic rings. The Balaban J connectivity index is 2.72. The van der Waals surface area contributed by atoms with E-state index in [2.05, 4.69) is 4.98 Å². The van der Waals surface area contributed by atoms with Crippen LogP contribution in [0.3, 0.4) is 0 Å². The molecule has 1 heterocycles. The van der Waals surface area contributed by atoms with E-state index in [4.69, 9.17) is 10.8 Å². The van der Waals surface area contributed by atoms with Crippen LogP contribution >= 0.6 is 0 Å². The summed E-state index contributed by atoms with van der Waals surface area (Å²) < 4.78 is 0. The minimum atomic E-state index is -0.839. The molecule has 0 aliphatic heterocycles. The van der Waals surface area contributed by atoms with Crippen LogP contribution in [0.2, 0.25) is 0 Å². The molecule has 1 aromatic rings. The van der Waals surface area contributed by atoms with E-state index in [1.165, 1.54) is 0 Å². The highest BCUT2D eigenvalue weighted by molar-refractivity contribution is 5.73. The summed E-state index contributed by atoms with van der Waals surface area (Å²) in [4.78, 5) is 15.0. The third-order valence-electron chi connectivity index (χ3n) is 2.38. The van der Waals surface area contributed by atoms with Crippen molar-refractivity contribution in [3.8, 4) is 0 Å². The lowest BCUT2D eigenvalue weighted by Gasteiger charge is -2.22. The number of carboxylic acids is 1. The highest BCUT2D eigenvalue weighted by Gasteiger charge is 2.30. The number of carbonyl (C=O) groups is 1. The van der Waals surface area contributed by atoms with Crippen LogP contribution in [0, 0.1) is 5.41 Å². The Morgan fingerprint density at radius 2 is 2.27 bits per heavy atom. The summed E-state index contributed by atoms with van der Waals surface area (Å²) in [6.45, 7) is 3.33. The normalized spacial score (nSPS) is 13.5. The maximum Gasteiger partial charge on any atom is 0.309 e. The van der Waals surface area contributed by atoms with Crippen molar-refractivity contribution in [3.63, 3.8) is 0 Å². The molecule has 0 radical (unpaired) electrons. The summed E-state index contributed by atoms with van der Waals surface area (Å²) in [5.74, 6) is -0.839. The molecule has 3 N–H and O–H groups in total. The van der Waals surface area contributed by atoms with Gasteiger partial charge in [0.15, 0.2) is 0 Å². The molecule has 0 amide bonds. The summed E-state index contributed by atoms with van der Waals surface area (Å²) in [6.07, 6.45) is 2.03. The van der Waals surface area contributed by atoms with Crippen LogP contribution in [-0.4, -0.2) is 16.1 Å². The van der Waals surface area contributed by atoms with Gasteiger partial charge in [-0.2, -0.15) is 0 Å². The quantitative estimate of drug-likeness (QED) is 0.787. The van der Waals surface area contributed by atoms with Crippen LogP contribution in [0.5, 0.6) is 0 Å². The summed E-state index contributed by atoms with van der Waals surface area (Å²) in [5.41, 5.74) is 5.80. The Kier molecular flexibility index (Phi) is 3.42. The third-order valence-corrected chi connectivity index (χ3v) is 2.38. The Hall–Kier alpha value is -1.42. The van der Waals surface area contributed by atoms with Crippen LogP contribution in [0.1, 0.15) is 32.0 Å². The van der Waals surface area contributed by atoms with Crippen LogP contribution in [0.25, 0.3) is 0 Å². The van der Waals surface area contributed by atoms with Crippen molar-refractivity contribution in [1.82, 2.24) is 4.98 Å². The summed E-state index contributed by atoms with van der Waals surface area (Å²) >= 11 is 0. The molecule has 0 fully saturated rings.